The van der Waals surface area contributed by atoms with Crippen LogP contribution < -0.4 is 10.6 Å². The standard InChI is InChI=1S/C16H22N2O3S/c1-12(13-6-4-3-5-7-13)18-15(20)14(19)17-10-16(21-2)8-9-22-11-16/h3-7,12H,8-11H2,1-2H3,(H,17,19)(H,18,20)/t12-,16+/m1/s1. The van der Waals surface area contributed by atoms with Crippen molar-refractivity contribution in [3.63, 3.8) is 0 Å². The largest absolute Gasteiger partial charge is 0.376 e. The van der Waals surface area contributed by atoms with Crippen LogP contribution in [0, 0.1) is 0 Å². The predicted molar refractivity (Wildman–Crippen MR) is 87.7 cm³/mol. The summed E-state index contributed by atoms with van der Waals surface area (Å²) in [6, 6.07) is 9.33. The fourth-order valence-corrected chi connectivity index (χ4v) is 3.77. The summed E-state index contributed by atoms with van der Waals surface area (Å²) >= 11 is 1.80. The molecule has 6 heteroatoms. The average Bonchev–Trinajstić information content (AvgIpc) is 3.02. The fourth-order valence-electron chi connectivity index (χ4n) is 2.37. The van der Waals surface area contributed by atoms with Crippen molar-refractivity contribution in [2.75, 3.05) is 25.2 Å². The quantitative estimate of drug-likeness (QED) is 0.806. The molecule has 1 saturated heterocycles. The molecule has 22 heavy (non-hydrogen) atoms. The van der Waals surface area contributed by atoms with Gasteiger partial charge >= 0.3 is 11.8 Å². The monoisotopic (exact) mass is 322 g/mol. The first kappa shape index (κ1) is 16.8. The predicted octanol–water partition coefficient (Wildman–Crippen LogP) is 1.50. The van der Waals surface area contributed by atoms with E-state index in [9.17, 15) is 9.59 Å². The molecule has 0 saturated carbocycles. The van der Waals surface area contributed by atoms with Crippen LogP contribution in [0.5, 0.6) is 0 Å². The molecule has 120 valence electrons. The van der Waals surface area contributed by atoms with Gasteiger partial charge in [0.15, 0.2) is 0 Å². The number of hydrogen-bond acceptors (Lipinski definition) is 4. The second-order valence-corrected chi connectivity index (χ2v) is 6.58. The van der Waals surface area contributed by atoms with Gasteiger partial charge in [-0.3, -0.25) is 9.59 Å². The Bertz CT molecular complexity index is 515. The minimum absolute atomic E-state index is 0.210. The molecule has 2 rings (SSSR count). The van der Waals surface area contributed by atoms with Crippen LogP contribution in [0.3, 0.4) is 0 Å². The van der Waals surface area contributed by atoms with Gasteiger partial charge < -0.3 is 15.4 Å². The minimum Gasteiger partial charge on any atom is -0.376 e. The molecule has 1 fully saturated rings. The van der Waals surface area contributed by atoms with E-state index in [1.165, 1.54) is 0 Å². The van der Waals surface area contributed by atoms with Gasteiger partial charge in [-0.15, -0.1) is 0 Å². The van der Waals surface area contributed by atoms with Gasteiger partial charge in [-0.1, -0.05) is 30.3 Å². The molecule has 1 aromatic carbocycles. The molecule has 0 radical (unpaired) electrons. The smallest absolute Gasteiger partial charge is 0.309 e. The third-order valence-electron chi connectivity index (χ3n) is 3.92. The van der Waals surface area contributed by atoms with Crippen molar-refractivity contribution in [1.82, 2.24) is 10.6 Å². The summed E-state index contributed by atoms with van der Waals surface area (Å²) in [6.07, 6.45) is 0.885. The van der Waals surface area contributed by atoms with Gasteiger partial charge in [-0.05, 0) is 24.7 Å². The summed E-state index contributed by atoms with van der Waals surface area (Å²) in [5.41, 5.74) is 0.621. The normalized spacial score (nSPS) is 22.1. The van der Waals surface area contributed by atoms with Crippen molar-refractivity contribution in [2.24, 2.45) is 0 Å². The fraction of sp³-hybridized carbons (Fsp3) is 0.500. The van der Waals surface area contributed by atoms with Crippen molar-refractivity contribution in [3.8, 4) is 0 Å². The maximum atomic E-state index is 12.0. The first-order chi connectivity index (χ1) is 10.6. The molecule has 2 atom stereocenters. The zero-order valence-electron chi connectivity index (χ0n) is 12.9. The SMILES string of the molecule is CO[C@]1(CNC(=O)C(=O)N[C@H](C)c2ccccc2)CCSC1. The van der Waals surface area contributed by atoms with Crippen molar-refractivity contribution in [1.29, 1.82) is 0 Å². The second kappa shape index (κ2) is 7.65. The summed E-state index contributed by atoms with van der Waals surface area (Å²) in [7, 11) is 1.65. The van der Waals surface area contributed by atoms with Crippen LogP contribution in [0.2, 0.25) is 0 Å². The highest BCUT2D eigenvalue weighted by Gasteiger charge is 2.35. The van der Waals surface area contributed by atoms with Crippen LogP contribution >= 0.6 is 11.8 Å². The molecule has 0 aliphatic carbocycles. The zero-order chi connectivity index (χ0) is 16.0. The molecule has 0 spiro atoms. The van der Waals surface area contributed by atoms with E-state index >= 15 is 0 Å². The van der Waals surface area contributed by atoms with Gasteiger partial charge in [0.2, 0.25) is 0 Å². The third kappa shape index (κ3) is 4.24. The Morgan fingerprint density at radius 3 is 2.64 bits per heavy atom. The van der Waals surface area contributed by atoms with Crippen LogP contribution in [0.4, 0.5) is 0 Å². The van der Waals surface area contributed by atoms with E-state index in [0.717, 1.165) is 23.5 Å². The summed E-state index contributed by atoms with van der Waals surface area (Å²) in [6.45, 7) is 2.22. The number of benzene rings is 1. The lowest BCUT2D eigenvalue weighted by atomic mass is 10.0. The highest BCUT2D eigenvalue weighted by atomic mass is 32.2. The van der Waals surface area contributed by atoms with E-state index in [2.05, 4.69) is 10.6 Å². The number of carbonyl (C=O) groups is 2. The Balaban J connectivity index is 1.83. The number of ether oxygens (including phenoxy) is 1. The number of hydrogen-bond donors (Lipinski definition) is 2. The molecule has 5 nitrogen and oxygen atoms in total. The van der Waals surface area contributed by atoms with Crippen LogP contribution in [-0.2, 0) is 14.3 Å². The van der Waals surface area contributed by atoms with Crippen LogP contribution in [0.25, 0.3) is 0 Å². The third-order valence-corrected chi connectivity index (χ3v) is 5.15. The van der Waals surface area contributed by atoms with E-state index in [0.29, 0.717) is 6.54 Å². The molecule has 0 aromatic heterocycles. The van der Waals surface area contributed by atoms with E-state index in [1.54, 1.807) is 18.9 Å². The van der Waals surface area contributed by atoms with Crippen molar-refractivity contribution in [2.45, 2.75) is 25.0 Å². The zero-order valence-corrected chi connectivity index (χ0v) is 13.7. The topological polar surface area (TPSA) is 67.4 Å². The van der Waals surface area contributed by atoms with Crippen molar-refractivity contribution < 1.29 is 14.3 Å². The molecule has 1 aromatic rings. The van der Waals surface area contributed by atoms with Crippen LogP contribution in [0.1, 0.15) is 24.9 Å². The maximum absolute atomic E-state index is 12.0. The molecule has 0 bridgehead atoms. The van der Waals surface area contributed by atoms with Gasteiger partial charge in [0.1, 0.15) is 0 Å². The van der Waals surface area contributed by atoms with E-state index in [-0.39, 0.29) is 11.6 Å². The van der Waals surface area contributed by atoms with E-state index in [1.807, 2.05) is 37.3 Å². The number of methoxy groups -OCH3 is 1. The second-order valence-electron chi connectivity index (χ2n) is 5.48. The van der Waals surface area contributed by atoms with Gasteiger partial charge in [-0.25, -0.2) is 0 Å². The number of amides is 2. The Morgan fingerprint density at radius 2 is 2.05 bits per heavy atom. The Morgan fingerprint density at radius 1 is 1.32 bits per heavy atom. The number of carbonyl (C=O) groups excluding carboxylic acids is 2. The van der Waals surface area contributed by atoms with Crippen LogP contribution in [0.15, 0.2) is 30.3 Å². The molecule has 2 amide bonds. The highest BCUT2D eigenvalue weighted by Crippen LogP contribution is 2.30. The molecular formula is C16H22N2O3S. The number of rotatable bonds is 5. The lowest BCUT2D eigenvalue weighted by molar-refractivity contribution is -0.140. The maximum Gasteiger partial charge on any atom is 0.309 e. The molecule has 1 heterocycles. The molecular weight excluding hydrogens is 300 g/mol. The van der Waals surface area contributed by atoms with E-state index in [4.69, 9.17) is 4.74 Å². The Labute approximate surface area is 135 Å². The Kier molecular flexibility index (Phi) is 5.85. The van der Waals surface area contributed by atoms with Gasteiger partial charge in [0, 0.05) is 19.4 Å². The van der Waals surface area contributed by atoms with Crippen LogP contribution in [-0.4, -0.2) is 42.6 Å². The average molecular weight is 322 g/mol. The lowest BCUT2D eigenvalue weighted by Crippen LogP contribution is -2.49. The highest BCUT2D eigenvalue weighted by molar-refractivity contribution is 7.99. The van der Waals surface area contributed by atoms with Gasteiger partial charge in [-0.2, -0.15) is 11.8 Å². The number of nitrogens with one attached hydrogen (secondary N) is 2. The van der Waals surface area contributed by atoms with Gasteiger partial charge in [0.25, 0.3) is 0 Å². The number of thioether (sulfide) groups is 1. The Hall–Kier alpha value is -1.53. The summed E-state index contributed by atoms with van der Waals surface area (Å²) in [5, 5.41) is 5.39. The molecule has 0 unspecified atom stereocenters. The lowest BCUT2D eigenvalue weighted by Gasteiger charge is -2.26. The minimum atomic E-state index is -0.617. The molecule has 1 aliphatic heterocycles. The van der Waals surface area contributed by atoms with E-state index < -0.39 is 11.8 Å². The first-order valence-corrected chi connectivity index (χ1v) is 8.48. The summed E-state index contributed by atoms with van der Waals surface area (Å²) in [5.74, 6) is 0.622. The summed E-state index contributed by atoms with van der Waals surface area (Å²) < 4.78 is 5.51. The molecule has 1 aliphatic rings. The van der Waals surface area contributed by atoms with Gasteiger partial charge in [0.05, 0.1) is 11.6 Å². The first-order valence-electron chi connectivity index (χ1n) is 7.33. The molecule has 2 N–H and O–H groups in total. The summed E-state index contributed by atoms with van der Waals surface area (Å²) in [4.78, 5) is 23.9. The van der Waals surface area contributed by atoms with Crippen molar-refractivity contribution >= 4 is 23.6 Å². The van der Waals surface area contributed by atoms with Crippen molar-refractivity contribution in [3.05, 3.63) is 35.9 Å².